The van der Waals surface area contributed by atoms with Crippen LogP contribution >= 0.6 is 0 Å². The zero-order valence-corrected chi connectivity index (χ0v) is 22.6. The number of nitrogens with one attached hydrogen (secondary N) is 2. The molecule has 10 N–H and O–H groups in total. The molecule has 218 valence electrons. The number of aryl methyl sites for hydroxylation is 2. The molecule has 5 aromatic carbocycles. The van der Waals surface area contributed by atoms with E-state index in [0.29, 0.717) is 61.3 Å². The van der Waals surface area contributed by atoms with E-state index in [4.69, 9.17) is 0 Å². The van der Waals surface area contributed by atoms with Crippen molar-refractivity contribution in [3.8, 4) is 46.0 Å². The summed E-state index contributed by atoms with van der Waals surface area (Å²) in [6, 6.07) is 14.6. The highest BCUT2D eigenvalue weighted by Gasteiger charge is 2.23. The van der Waals surface area contributed by atoms with E-state index in [1.54, 1.807) is 12.1 Å². The molecule has 0 aliphatic carbocycles. The first-order valence-electron chi connectivity index (χ1n) is 13.5. The van der Waals surface area contributed by atoms with Gasteiger partial charge >= 0.3 is 0 Å². The molecular weight excluding hydrogens is 540 g/mol. The average Bonchev–Trinajstić information content (AvgIpc) is 2.96. The Morgan fingerprint density at radius 2 is 0.810 bits per heavy atom. The minimum Gasteiger partial charge on any atom is -0.508 e. The van der Waals surface area contributed by atoms with Crippen LogP contribution in [0.1, 0.15) is 24.0 Å². The highest BCUT2D eigenvalue weighted by molar-refractivity contribution is 6.21. The van der Waals surface area contributed by atoms with Crippen LogP contribution in [0.5, 0.6) is 46.0 Å². The summed E-state index contributed by atoms with van der Waals surface area (Å²) in [4.78, 5) is 0. The number of hydrogen-bond acceptors (Lipinski definition) is 10. The molecule has 0 saturated carbocycles. The monoisotopic (exact) mass is 572 g/mol. The summed E-state index contributed by atoms with van der Waals surface area (Å²) in [7, 11) is 0. The Hall–Kier alpha value is -5.38. The Morgan fingerprint density at radius 1 is 0.429 bits per heavy atom. The molecule has 0 radical (unpaired) electrons. The number of phenols is 8. The highest BCUT2D eigenvalue weighted by Crippen LogP contribution is 2.52. The van der Waals surface area contributed by atoms with E-state index < -0.39 is 0 Å². The minimum absolute atomic E-state index is 0.0545. The van der Waals surface area contributed by atoms with Gasteiger partial charge in [-0.25, -0.2) is 0 Å². The van der Waals surface area contributed by atoms with Crippen molar-refractivity contribution in [1.29, 1.82) is 0 Å². The van der Waals surface area contributed by atoms with Gasteiger partial charge < -0.3 is 51.5 Å². The van der Waals surface area contributed by atoms with Gasteiger partial charge in [-0.05, 0) is 97.5 Å². The van der Waals surface area contributed by atoms with Crippen molar-refractivity contribution in [1.82, 2.24) is 0 Å². The predicted octanol–water partition coefficient (Wildman–Crippen LogP) is 5.73. The van der Waals surface area contributed by atoms with Gasteiger partial charge in [0.05, 0.1) is 21.5 Å². The fourth-order valence-corrected chi connectivity index (χ4v) is 5.25. The second-order valence-corrected chi connectivity index (χ2v) is 10.1. The molecule has 42 heavy (non-hydrogen) atoms. The van der Waals surface area contributed by atoms with Gasteiger partial charge in [0.15, 0.2) is 0 Å². The zero-order chi connectivity index (χ0) is 30.0. The van der Waals surface area contributed by atoms with Crippen LogP contribution < -0.4 is 10.6 Å². The fraction of sp³-hybridized carbons (Fsp3) is 0.188. The van der Waals surface area contributed by atoms with Crippen LogP contribution in [0.4, 0.5) is 11.4 Å². The van der Waals surface area contributed by atoms with Crippen molar-refractivity contribution < 1.29 is 40.9 Å². The Morgan fingerprint density at radius 3 is 1.21 bits per heavy atom. The van der Waals surface area contributed by atoms with Gasteiger partial charge in [-0.1, -0.05) is 0 Å². The van der Waals surface area contributed by atoms with Crippen molar-refractivity contribution in [2.45, 2.75) is 25.7 Å². The molecule has 0 aliphatic rings. The first-order chi connectivity index (χ1) is 20.2. The molecule has 0 spiro atoms. The number of benzene rings is 5. The molecule has 0 aliphatic heterocycles. The van der Waals surface area contributed by atoms with E-state index in [1.807, 2.05) is 0 Å². The SMILES string of the molecule is Oc1ccc(O)c(CCCNc2ccc(NCCCc3cc(O)ccc3O)c3c(O)c4c(O)ccc(O)c4c(O)c23)c1. The van der Waals surface area contributed by atoms with Crippen LogP contribution in [0.25, 0.3) is 21.5 Å². The molecule has 0 fully saturated rings. The van der Waals surface area contributed by atoms with Crippen molar-refractivity contribution in [3.05, 3.63) is 71.8 Å². The molecule has 10 nitrogen and oxygen atoms in total. The molecule has 0 amide bonds. The van der Waals surface area contributed by atoms with Crippen LogP contribution in [-0.4, -0.2) is 53.9 Å². The van der Waals surface area contributed by atoms with Crippen LogP contribution in [0.3, 0.4) is 0 Å². The molecule has 0 unspecified atom stereocenters. The molecule has 0 aromatic heterocycles. The largest absolute Gasteiger partial charge is 0.508 e. The van der Waals surface area contributed by atoms with Gasteiger partial charge in [-0.3, -0.25) is 0 Å². The third kappa shape index (κ3) is 5.46. The molecule has 0 saturated heterocycles. The van der Waals surface area contributed by atoms with Gasteiger partial charge in [0.1, 0.15) is 46.0 Å². The smallest absolute Gasteiger partial charge is 0.137 e. The first kappa shape index (κ1) is 28.2. The van der Waals surface area contributed by atoms with Crippen LogP contribution in [0, 0.1) is 0 Å². The maximum atomic E-state index is 11.4. The third-order valence-electron chi connectivity index (χ3n) is 7.32. The summed E-state index contributed by atoms with van der Waals surface area (Å²) in [5, 5.41) is 90.1. The second kappa shape index (κ2) is 11.6. The zero-order valence-electron chi connectivity index (χ0n) is 22.6. The number of anilines is 2. The lowest BCUT2D eigenvalue weighted by Crippen LogP contribution is -2.07. The Labute approximate surface area is 241 Å². The van der Waals surface area contributed by atoms with E-state index in [9.17, 15) is 40.9 Å². The molecule has 0 bridgehead atoms. The van der Waals surface area contributed by atoms with Crippen molar-refractivity contribution in [2.24, 2.45) is 0 Å². The number of hydrogen-bond donors (Lipinski definition) is 10. The number of fused-ring (bicyclic) bond motifs is 2. The number of phenolic OH excluding ortho intramolecular Hbond substituents is 8. The maximum Gasteiger partial charge on any atom is 0.137 e. The fourth-order valence-electron chi connectivity index (χ4n) is 5.25. The highest BCUT2D eigenvalue weighted by atomic mass is 16.3. The number of aromatic hydroxyl groups is 8. The lowest BCUT2D eigenvalue weighted by Gasteiger charge is -2.19. The molecular formula is C32H32N2O8. The van der Waals surface area contributed by atoms with Crippen LogP contribution in [-0.2, 0) is 12.8 Å². The first-order valence-corrected chi connectivity index (χ1v) is 13.5. The minimum atomic E-state index is -0.326. The Balaban J connectivity index is 1.45. The molecule has 5 aromatic rings. The topological polar surface area (TPSA) is 186 Å². The van der Waals surface area contributed by atoms with Gasteiger partial charge in [0.2, 0.25) is 0 Å². The molecule has 10 heteroatoms. The average molecular weight is 573 g/mol. The van der Waals surface area contributed by atoms with Crippen molar-refractivity contribution in [2.75, 3.05) is 23.7 Å². The maximum absolute atomic E-state index is 11.4. The summed E-state index contributed by atoms with van der Waals surface area (Å²) in [6.45, 7) is 0.823. The molecule has 0 atom stereocenters. The van der Waals surface area contributed by atoms with Crippen LogP contribution in [0.15, 0.2) is 60.7 Å². The molecule has 0 heterocycles. The van der Waals surface area contributed by atoms with E-state index in [-0.39, 0.29) is 67.5 Å². The van der Waals surface area contributed by atoms with Gasteiger partial charge in [0.25, 0.3) is 0 Å². The normalized spacial score (nSPS) is 11.2. The van der Waals surface area contributed by atoms with E-state index in [2.05, 4.69) is 10.6 Å². The third-order valence-corrected chi connectivity index (χ3v) is 7.32. The Bertz CT molecular complexity index is 1660. The van der Waals surface area contributed by atoms with Crippen molar-refractivity contribution >= 4 is 32.9 Å². The lowest BCUT2D eigenvalue weighted by molar-refractivity contribution is 0.451. The van der Waals surface area contributed by atoms with Gasteiger partial charge in [-0.2, -0.15) is 0 Å². The summed E-state index contributed by atoms with van der Waals surface area (Å²) in [6.07, 6.45) is 2.06. The van der Waals surface area contributed by atoms with E-state index in [1.165, 1.54) is 48.5 Å². The summed E-state index contributed by atoms with van der Waals surface area (Å²) in [5.74, 6) is -1.01. The van der Waals surface area contributed by atoms with Crippen molar-refractivity contribution in [3.63, 3.8) is 0 Å². The van der Waals surface area contributed by atoms with E-state index >= 15 is 0 Å². The standard InChI is InChI=1S/C32H32N2O8/c35-19-5-9-23(37)17(15-19)3-1-13-33-21-7-8-22(34-14-2-4-18-16-20(36)6-10-24(18)38)28-27(21)31(41)29-25(39)11-12-26(40)30(29)32(28)42/h5-12,15-16,33-42H,1-4,13-14H2. The number of rotatable bonds is 10. The van der Waals surface area contributed by atoms with Crippen LogP contribution in [0.2, 0.25) is 0 Å². The summed E-state index contributed by atoms with van der Waals surface area (Å²) >= 11 is 0. The quantitative estimate of drug-likeness (QED) is 0.0563. The predicted molar refractivity (Wildman–Crippen MR) is 161 cm³/mol. The lowest BCUT2D eigenvalue weighted by atomic mass is 9.96. The summed E-state index contributed by atoms with van der Waals surface area (Å²) < 4.78 is 0. The Kier molecular flexibility index (Phi) is 7.79. The van der Waals surface area contributed by atoms with E-state index in [0.717, 1.165) is 0 Å². The second-order valence-electron chi connectivity index (χ2n) is 10.1. The summed E-state index contributed by atoms with van der Waals surface area (Å²) in [5.41, 5.74) is 2.12. The van der Waals surface area contributed by atoms with Gasteiger partial charge in [0, 0.05) is 24.5 Å². The molecule has 5 rings (SSSR count). The van der Waals surface area contributed by atoms with Gasteiger partial charge in [-0.15, -0.1) is 0 Å².